The molecular weight excluding hydrogens is 336 g/mol. The van der Waals surface area contributed by atoms with Crippen LogP contribution in [-0.2, 0) is 4.79 Å². The van der Waals surface area contributed by atoms with Gasteiger partial charge in [0.15, 0.2) is 16.5 Å². The normalized spacial score (nSPS) is 11.4. The van der Waals surface area contributed by atoms with E-state index in [0.29, 0.717) is 22.2 Å². The van der Waals surface area contributed by atoms with Gasteiger partial charge < -0.3 is 9.15 Å². The lowest BCUT2D eigenvalue weighted by atomic mass is 10.2. The summed E-state index contributed by atoms with van der Waals surface area (Å²) in [5.41, 5.74) is 1.53. The van der Waals surface area contributed by atoms with Gasteiger partial charge in [0.2, 0.25) is 5.91 Å². The van der Waals surface area contributed by atoms with Crippen molar-refractivity contribution in [3.63, 3.8) is 0 Å². The van der Waals surface area contributed by atoms with Crippen LogP contribution in [0.15, 0.2) is 59.0 Å². The van der Waals surface area contributed by atoms with Crippen LogP contribution in [0.2, 0.25) is 0 Å². The number of para-hydroxylation sites is 2. The van der Waals surface area contributed by atoms with Crippen molar-refractivity contribution < 1.29 is 13.9 Å². The first-order chi connectivity index (χ1) is 12.2. The number of anilines is 1. The maximum absolute atomic E-state index is 12.1. The van der Waals surface area contributed by atoms with Crippen LogP contribution in [0.25, 0.3) is 27.3 Å². The van der Waals surface area contributed by atoms with Crippen molar-refractivity contribution in [1.29, 1.82) is 0 Å². The second kappa shape index (κ2) is 6.41. The highest BCUT2D eigenvalue weighted by Crippen LogP contribution is 2.29. The molecule has 1 N–H and O–H groups in total. The summed E-state index contributed by atoms with van der Waals surface area (Å²) < 4.78 is 12.0. The summed E-state index contributed by atoms with van der Waals surface area (Å²) in [6, 6.07) is 15.3. The van der Waals surface area contributed by atoms with Crippen molar-refractivity contribution in [2.24, 2.45) is 0 Å². The van der Waals surface area contributed by atoms with Gasteiger partial charge in [-0.05, 0) is 30.3 Å². The Labute approximate surface area is 147 Å². The van der Waals surface area contributed by atoms with Crippen LogP contribution in [0.4, 0.5) is 5.13 Å². The number of hydrogen-bond donors (Lipinski definition) is 1. The lowest BCUT2D eigenvalue weighted by Crippen LogP contribution is -2.07. The molecule has 2 aromatic heterocycles. The van der Waals surface area contributed by atoms with E-state index in [2.05, 4.69) is 10.3 Å². The topological polar surface area (TPSA) is 64.4 Å². The van der Waals surface area contributed by atoms with Crippen molar-refractivity contribution in [2.75, 3.05) is 12.4 Å². The molecule has 124 valence electrons. The van der Waals surface area contributed by atoms with Gasteiger partial charge in [0, 0.05) is 11.5 Å². The number of aromatic nitrogens is 1. The van der Waals surface area contributed by atoms with Gasteiger partial charge >= 0.3 is 0 Å². The fourth-order valence-electron chi connectivity index (χ4n) is 2.53. The van der Waals surface area contributed by atoms with Crippen molar-refractivity contribution in [3.8, 4) is 5.75 Å². The molecule has 0 aliphatic carbocycles. The van der Waals surface area contributed by atoms with Crippen molar-refractivity contribution >= 4 is 49.6 Å². The maximum Gasteiger partial charge on any atom is 0.250 e. The molecule has 0 fully saturated rings. The molecule has 4 rings (SSSR count). The van der Waals surface area contributed by atoms with E-state index in [4.69, 9.17) is 9.15 Å². The molecule has 0 aliphatic rings. The Morgan fingerprint density at radius 1 is 1.24 bits per heavy atom. The molecule has 0 aliphatic heterocycles. The largest absolute Gasteiger partial charge is 0.493 e. The maximum atomic E-state index is 12.1. The highest BCUT2D eigenvalue weighted by Gasteiger charge is 2.08. The third-order valence-corrected chi connectivity index (χ3v) is 4.62. The number of carbonyl (C=O) groups excluding carboxylic acids is 1. The molecule has 0 spiro atoms. The zero-order chi connectivity index (χ0) is 17.2. The molecule has 2 heterocycles. The lowest BCUT2D eigenvalue weighted by molar-refractivity contribution is -0.111. The molecule has 0 unspecified atom stereocenters. The third kappa shape index (κ3) is 3.12. The second-order valence-electron chi connectivity index (χ2n) is 5.34. The summed E-state index contributed by atoms with van der Waals surface area (Å²) in [5.74, 6) is 0.988. The average Bonchev–Trinajstić information content (AvgIpc) is 3.22. The van der Waals surface area contributed by atoms with E-state index in [1.807, 2.05) is 48.5 Å². The van der Waals surface area contributed by atoms with Crippen LogP contribution in [-0.4, -0.2) is 18.0 Å². The van der Waals surface area contributed by atoms with Crippen molar-refractivity contribution in [3.05, 3.63) is 60.4 Å². The van der Waals surface area contributed by atoms with E-state index >= 15 is 0 Å². The summed E-state index contributed by atoms with van der Waals surface area (Å²) in [6.45, 7) is 0. The zero-order valence-corrected chi connectivity index (χ0v) is 14.2. The summed E-state index contributed by atoms with van der Waals surface area (Å²) >= 11 is 1.44. The molecule has 0 bridgehead atoms. The fourth-order valence-corrected chi connectivity index (χ4v) is 3.40. The molecule has 25 heavy (non-hydrogen) atoms. The monoisotopic (exact) mass is 350 g/mol. The van der Waals surface area contributed by atoms with Crippen LogP contribution in [0.1, 0.15) is 5.76 Å². The number of thiazole rings is 1. The minimum absolute atomic E-state index is 0.258. The Kier molecular flexibility index (Phi) is 3.95. The Morgan fingerprint density at radius 2 is 2.12 bits per heavy atom. The quantitative estimate of drug-likeness (QED) is 0.542. The predicted molar refractivity (Wildman–Crippen MR) is 100 cm³/mol. The van der Waals surface area contributed by atoms with Gasteiger partial charge in [-0.15, -0.1) is 0 Å². The molecule has 0 radical (unpaired) electrons. The number of methoxy groups -OCH3 is 1. The van der Waals surface area contributed by atoms with E-state index in [9.17, 15) is 4.79 Å². The SMILES string of the molecule is COc1cccc2cc(/C=C/C(=O)Nc3nc4ccccc4s3)oc12. The first-order valence-electron chi connectivity index (χ1n) is 7.64. The average molecular weight is 350 g/mol. The van der Waals surface area contributed by atoms with Gasteiger partial charge in [-0.3, -0.25) is 10.1 Å². The minimum Gasteiger partial charge on any atom is -0.493 e. The summed E-state index contributed by atoms with van der Waals surface area (Å²) in [4.78, 5) is 16.5. The van der Waals surface area contributed by atoms with Crippen molar-refractivity contribution in [1.82, 2.24) is 4.98 Å². The molecular formula is C19H14N2O3S. The molecule has 2 aromatic carbocycles. The van der Waals surface area contributed by atoms with E-state index < -0.39 is 0 Å². The van der Waals surface area contributed by atoms with Crippen LogP contribution >= 0.6 is 11.3 Å². The number of furan rings is 1. The van der Waals surface area contributed by atoms with Crippen LogP contribution < -0.4 is 10.1 Å². The molecule has 5 nitrogen and oxygen atoms in total. The van der Waals surface area contributed by atoms with Gasteiger partial charge in [0.05, 0.1) is 17.3 Å². The van der Waals surface area contributed by atoms with Gasteiger partial charge in [-0.25, -0.2) is 4.98 Å². The number of carbonyl (C=O) groups is 1. The van der Waals surface area contributed by atoms with Crippen LogP contribution in [0.3, 0.4) is 0 Å². The summed E-state index contributed by atoms with van der Waals surface area (Å²) in [7, 11) is 1.60. The van der Waals surface area contributed by atoms with Gasteiger partial charge in [0.25, 0.3) is 0 Å². The van der Waals surface area contributed by atoms with E-state index in [-0.39, 0.29) is 5.91 Å². The number of benzene rings is 2. The lowest BCUT2D eigenvalue weighted by Gasteiger charge is -1.98. The smallest absolute Gasteiger partial charge is 0.250 e. The summed E-state index contributed by atoms with van der Waals surface area (Å²) in [6.07, 6.45) is 3.05. The molecule has 0 atom stereocenters. The van der Waals surface area contributed by atoms with Gasteiger partial charge in [-0.2, -0.15) is 0 Å². The molecule has 6 heteroatoms. The minimum atomic E-state index is -0.258. The Morgan fingerprint density at radius 3 is 2.96 bits per heavy atom. The first kappa shape index (κ1) is 15.4. The number of fused-ring (bicyclic) bond motifs is 2. The predicted octanol–water partition coefficient (Wildman–Crippen LogP) is 4.70. The molecule has 0 saturated carbocycles. The Balaban J connectivity index is 1.52. The number of ether oxygens (including phenoxy) is 1. The number of nitrogens with one attached hydrogen (secondary N) is 1. The Bertz CT molecular complexity index is 1060. The fraction of sp³-hybridized carbons (Fsp3) is 0.0526. The van der Waals surface area contributed by atoms with Crippen LogP contribution in [0.5, 0.6) is 5.75 Å². The van der Waals surface area contributed by atoms with Gasteiger partial charge in [0.1, 0.15) is 5.76 Å². The third-order valence-electron chi connectivity index (χ3n) is 3.67. The van der Waals surface area contributed by atoms with Crippen molar-refractivity contribution in [2.45, 2.75) is 0 Å². The zero-order valence-electron chi connectivity index (χ0n) is 13.4. The second-order valence-corrected chi connectivity index (χ2v) is 6.37. The molecule has 1 amide bonds. The number of amides is 1. The first-order valence-corrected chi connectivity index (χ1v) is 8.46. The van der Waals surface area contributed by atoms with E-state index in [1.54, 1.807) is 13.2 Å². The molecule has 0 saturated heterocycles. The van der Waals surface area contributed by atoms with E-state index in [0.717, 1.165) is 15.6 Å². The van der Waals surface area contributed by atoms with Gasteiger partial charge in [-0.1, -0.05) is 35.6 Å². The highest BCUT2D eigenvalue weighted by molar-refractivity contribution is 7.22. The number of hydrogen-bond acceptors (Lipinski definition) is 5. The van der Waals surface area contributed by atoms with Crippen LogP contribution in [0, 0.1) is 0 Å². The highest BCUT2D eigenvalue weighted by atomic mass is 32.1. The van der Waals surface area contributed by atoms with E-state index in [1.165, 1.54) is 17.4 Å². The molecule has 4 aromatic rings. The number of rotatable bonds is 4. The standard InChI is InChI=1S/C19H14N2O3S/c1-23-15-7-4-5-12-11-13(24-18(12)15)9-10-17(22)21-19-20-14-6-2-3-8-16(14)25-19/h2-11H,1H3,(H,20,21,22)/b10-9+. The Hall–Kier alpha value is -3.12. The summed E-state index contributed by atoms with van der Waals surface area (Å²) in [5, 5.41) is 4.27. The number of nitrogens with zero attached hydrogens (tertiary/aromatic N) is 1.